The first-order chi connectivity index (χ1) is 5.55. The third kappa shape index (κ3) is 1.76. The SMILES string of the molecule is CC(F)(F)c1cccnc1CO. The van der Waals surface area contributed by atoms with Crippen LogP contribution in [0, 0.1) is 0 Å². The number of alkyl halides is 2. The number of aromatic nitrogens is 1. The number of hydrogen-bond donors (Lipinski definition) is 1. The molecule has 0 aliphatic heterocycles. The standard InChI is InChI=1S/C8H9F2NO/c1-8(9,10)6-3-2-4-11-7(6)5-12/h2-4,12H,5H2,1H3. The van der Waals surface area contributed by atoms with Crippen molar-refractivity contribution in [1.82, 2.24) is 4.98 Å². The van der Waals surface area contributed by atoms with Gasteiger partial charge in [-0.2, -0.15) is 0 Å². The number of hydrogen-bond acceptors (Lipinski definition) is 2. The molecule has 1 rings (SSSR count). The fourth-order valence-electron chi connectivity index (χ4n) is 0.964. The number of aliphatic hydroxyl groups excluding tert-OH is 1. The molecular formula is C8H9F2NO. The third-order valence-electron chi connectivity index (χ3n) is 1.51. The first-order valence-corrected chi connectivity index (χ1v) is 3.48. The summed E-state index contributed by atoms with van der Waals surface area (Å²) in [4.78, 5) is 3.63. The molecule has 12 heavy (non-hydrogen) atoms. The fraction of sp³-hybridized carbons (Fsp3) is 0.375. The number of rotatable bonds is 2. The summed E-state index contributed by atoms with van der Waals surface area (Å²) in [6.45, 7) is 0.322. The van der Waals surface area contributed by atoms with Crippen LogP contribution in [0.15, 0.2) is 18.3 Å². The second-order valence-corrected chi connectivity index (χ2v) is 2.54. The second kappa shape index (κ2) is 3.15. The predicted octanol–water partition coefficient (Wildman–Crippen LogP) is 1.69. The summed E-state index contributed by atoms with van der Waals surface area (Å²) >= 11 is 0. The van der Waals surface area contributed by atoms with Crippen LogP contribution in [0.4, 0.5) is 8.78 Å². The van der Waals surface area contributed by atoms with Crippen LogP contribution in [0.25, 0.3) is 0 Å². The Balaban J connectivity index is 3.14. The largest absolute Gasteiger partial charge is 0.390 e. The molecule has 0 unspecified atom stereocenters. The maximum absolute atomic E-state index is 12.8. The van der Waals surface area contributed by atoms with Crippen LogP contribution in [0.5, 0.6) is 0 Å². The van der Waals surface area contributed by atoms with E-state index in [0.717, 1.165) is 6.92 Å². The summed E-state index contributed by atoms with van der Waals surface area (Å²) in [6.07, 6.45) is 1.38. The summed E-state index contributed by atoms with van der Waals surface area (Å²) in [6, 6.07) is 2.68. The van der Waals surface area contributed by atoms with E-state index in [1.165, 1.54) is 18.3 Å². The Morgan fingerprint density at radius 2 is 2.25 bits per heavy atom. The van der Waals surface area contributed by atoms with Crippen molar-refractivity contribution in [2.75, 3.05) is 0 Å². The Labute approximate surface area is 68.9 Å². The average molecular weight is 173 g/mol. The molecular weight excluding hydrogens is 164 g/mol. The zero-order chi connectivity index (χ0) is 9.19. The van der Waals surface area contributed by atoms with Crippen molar-refractivity contribution in [2.45, 2.75) is 19.5 Å². The minimum absolute atomic E-state index is 0.0324. The normalized spacial score (nSPS) is 11.7. The van der Waals surface area contributed by atoms with Crippen LogP contribution in [0.3, 0.4) is 0 Å². The van der Waals surface area contributed by atoms with Crippen molar-refractivity contribution in [2.24, 2.45) is 0 Å². The van der Waals surface area contributed by atoms with E-state index in [9.17, 15) is 8.78 Å². The first-order valence-electron chi connectivity index (χ1n) is 3.48. The maximum atomic E-state index is 12.8. The van der Waals surface area contributed by atoms with Crippen LogP contribution in [0.2, 0.25) is 0 Å². The van der Waals surface area contributed by atoms with Crippen molar-refractivity contribution in [1.29, 1.82) is 0 Å². The molecule has 0 aromatic carbocycles. The molecule has 0 aliphatic rings. The Morgan fingerprint density at radius 3 is 2.67 bits per heavy atom. The van der Waals surface area contributed by atoms with Gasteiger partial charge >= 0.3 is 0 Å². The molecule has 1 aromatic heterocycles. The molecule has 2 nitrogen and oxygen atoms in total. The Hall–Kier alpha value is -1.03. The molecule has 4 heteroatoms. The van der Waals surface area contributed by atoms with E-state index >= 15 is 0 Å². The molecule has 1 heterocycles. The second-order valence-electron chi connectivity index (χ2n) is 2.54. The van der Waals surface area contributed by atoms with Crippen molar-refractivity contribution in [3.05, 3.63) is 29.6 Å². The van der Waals surface area contributed by atoms with E-state index in [4.69, 9.17) is 5.11 Å². The number of aliphatic hydroxyl groups is 1. The van der Waals surface area contributed by atoms with Crippen LogP contribution in [-0.4, -0.2) is 10.1 Å². The van der Waals surface area contributed by atoms with Crippen molar-refractivity contribution < 1.29 is 13.9 Å². The van der Waals surface area contributed by atoms with E-state index in [1.54, 1.807) is 0 Å². The van der Waals surface area contributed by atoms with Gasteiger partial charge in [0.05, 0.1) is 12.3 Å². The summed E-state index contributed by atoms with van der Waals surface area (Å²) in [7, 11) is 0. The highest BCUT2D eigenvalue weighted by Gasteiger charge is 2.27. The van der Waals surface area contributed by atoms with Gasteiger partial charge < -0.3 is 5.11 Å². The molecule has 1 N–H and O–H groups in total. The zero-order valence-corrected chi connectivity index (χ0v) is 6.59. The Kier molecular flexibility index (Phi) is 2.38. The van der Waals surface area contributed by atoms with Crippen LogP contribution < -0.4 is 0 Å². The van der Waals surface area contributed by atoms with Gasteiger partial charge in [-0.1, -0.05) is 0 Å². The maximum Gasteiger partial charge on any atom is 0.272 e. The minimum atomic E-state index is -2.94. The topological polar surface area (TPSA) is 33.1 Å². The highest BCUT2D eigenvalue weighted by atomic mass is 19.3. The molecule has 0 atom stereocenters. The third-order valence-corrected chi connectivity index (χ3v) is 1.51. The predicted molar refractivity (Wildman–Crippen MR) is 39.7 cm³/mol. The molecule has 0 amide bonds. The molecule has 0 saturated heterocycles. The number of halogens is 2. The van der Waals surface area contributed by atoms with Crippen molar-refractivity contribution in [3.63, 3.8) is 0 Å². The van der Waals surface area contributed by atoms with Crippen LogP contribution >= 0.6 is 0 Å². The lowest BCUT2D eigenvalue weighted by molar-refractivity contribution is 0.0148. The van der Waals surface area contributed by atoms with E-state index < -0.39 is 12.5 Å². The summed E-state index contributed by atoms with van der Waals surface area (Å²) in [5.74, 6) is -2.94. The van der Waals surface area contributed by atoms with E-state index in [-0.39, 0.29) is 11.3 Å². The van der Waals surface area contributed by atoms with Crippen molar-refractivity contribution >= 4 is 0 Å². The van der Waals surface area contributed by atoms with Gasteiger partial charge in [-0.25, -0.2) is 8.78 Å². The van der Waals surface area contributed by atoms with Gasteiger partial charge in [0.15, 0.2) is 0 Å². The lowest BCUT2D eigenvalue weighted by Crippen LogP contribution is -2.11. The lowest BCUT2D eigenvalue weighted by atomic mass is 10.1. The number of pyridine rings is 1. The van der Waals surface area contributed by atoms with Gasteiger partial charge in [-0.3, -0.25) is 4.98 Å². The first kappa shape index (κ1) is 9.06. The van der Waals surface area contributed by atoms with E-state index in [1.807, 2.05) is 0 Å². The fourth-order valence-corrected chi connectivity index (χ4v) is 0.964. The molecule has 0 fully saturated rings. The summed E-state index contributed by atoms with van der Waals surface area (Å²) < 4.78 is 25.5. The lowest BCUT2D eigenvalue weighted by Gasteiger charge is -2.12. The van der Waals surface area contributed by atoms with Gasteiger partial charge in [0, 0.05) is 18.7 Å². The van der Waals surface area contributed by atoms with Crippen molar-refractivity contribution in [3.8, 4) is 0 Å². The summed E-state index contributed by atoms with van der Waals surface area (Å²) in [5.41, 5.74) is -0.183. The Morgan fingerprint density at radius 1 is 1.58 bits per heavy atom. The molecule has 0 saturated carbocycles. The quantitative estimate of drug-likeness (QED) is 0.738. The highest BCUT2D eigenvalue weighted by molar-refractivity contribution is 5.23. The smallest absolute Gasteiger partial charge is 0.272 e. The average Bonchev–Trinajstić information content (AvgIpc) is 2.03. The van der Waals surface area contributed by atoms with Gasteiger partial charge in [0.1, 0.15) is 0 Å². The Bertz CT molecular complexity index is 270. The monoisotopic (exact) mass is 173 g/mol. The van der Waals surface area contributed by atoms with Gasteiger partial charge in [-0.05, 0) is 12.1 Å². The molecule has 0 bridgehead atoms. The zero-order valence-electron chi connectivity index (χ0n) is 6.59. The van der Waals surface area contributed by atoms with Crippen LogP contribution in [0.1, 0.15) is 18.2 Å². The van der Waals surface area contributed by atoms with Crippen LogP contribution in [-0.2, 0) is 12.5 Å². The number of nitrogens with zero attached hydrogens (tertiary/aromatic N) is 1. The van der Waals surface area contributed by atoms with Gasteiger partial charge in [0.2, 0.25) is 0 Å². The van der Waals surface area contributed by atoms with E-state index in [2.05, 4.69) is 4.98 Å². The van der Waals surface area contributed by atoms with E-state index in [0.29, 0.717) is 0 Å². The molecule has 1 aromatic rings. The highest BCUT2D eigenvalue weighted by Crippen LogP contribution is 2.28. The minimum Gasteiger partial charge on any atom is -0.390 e. The van der Waals surface area contributed by atoms with Gasteiger partial charge in [0.25, 0.3) is 5.92 Å². The molecule has 66 valence electrons. The molecule has 0 spiro atoms. The summed E-state index contributed by atoms with van der Waals surface area (Å²) in [5, 5.41) is 8.69. The molecule has 0 aliphatic carbocycles. The van der Waals surface area contributed by atoms with Gasteiger partial charge in [-0.15, -0.1) is 0 Å². The molecule has 0 radical (unpaired) electrons.